The van der Waals surface area contributed by atoms with E-state index in [0.717, 1.165) is 29.8 Å². The maximum Gasteiger partial charge on any atom is 0.144 e. The molecule has 4 nitrogen and oxygen atoms in total. The van der Waals surface area contributed by atoms with Crippen LogP contribution in [0.2, 0.25) is 0 Å². The summed E-state index contributed by atoms with van der Waals surface area (Å²) in [6.45, 7) is 0. The lowest BCUT2D eigenvalue weighted by Crippen LogP contribution is -2.17. The summed E-state index contributed by atoms with van der Waals surface area (Å²) in [4.78, 5) is 4.60. The molecule has 2 heterocycles. The minimum absolute atomic E-state index is 0.157. The second-order valence-electron chi connectivity index (χ2n) is 6.34. The van der Waals surface area contributed by atoms with Gasteiger partial charge in [-0.05, 0) is 31.0 Å². The highest BCUT2D eigenvalue weighted by molar-refractivity contribution is 6.13. The highest BCUT2D eigenvalue weighted by Crippen LogP contribution is 2.48. The van der Waals surface area contributed by atoms with Gasteiger partial charge in [-0.1, -0.05) is 24.3 Å². The first kappa shape index (κ1) is 14.3. The minimum atomic E-state index is -0.649. The van der Waals surface area contributed by atoms with Gasteiger partial charge >= 0.3 is 0 Å². The maximum atomic E-state index is 14.3. The highest BCUT2D eigenvalue weighted by atomic mass is 19.1. The molecule has 1 fully saturated rings. The number of nitrogens with one attached hydrogen (secondary N) is 2. The molecule has 3 aromatic rings. The predicted octanol–water partition coefficient (Wildman–Crippen LogP) is 4.74. The molecule has 0 atom stereocenters. The summed E-state index contributed by atoms with van der Waals surface area (Å²) in [7, 11) is 0. The lowest BCUT2D eigenvalue weighted by Gasteiger charge is -2.11. The first-order chi connectivity index (χ1) is 12.2. The largest absolute Gasteiger partial charge is 0.339 e. The smallest absolute Gasteiger partial charge is 0.144 e. The van der Waals surface area contributed by atoms with Gasteiger partial charge in [0.1, 0.15) is 28.9 Å². The SMILES string of the molecule is Fc1cccc(F)c1C1=Nc2c(n[nH]c2C2CC2)-c2ccccc2N1. The Morgan fingerprint density at radius 1 is 0.960 bits per heavy atom. The van der Waals surface area contributed by atoms with Gasteiger partial charge < -0.3 is 5.32 Å². The van der Waals surface area contributed by atoms with Crippen molar-refractivity contribution in [2.75, 3.05) is 5.32 Å². The van der Waals surface area contributed by atoms with Gasteiger partial charge in [-0.15, -0.1) is 0 Å². The van der Waals surface area contributed by atoms with Crippen LogP contribution >= 0.6 is 0 Å². The Bertz CT molecular complexity index is 998. The number of aromatic nitrogens is 2. The molecule has 1 aliphatic heterocycles. The van der Waals surface area contributed by atoms with E-state index in [1.807, 2.05) is 24.3 Å². The van der Waals surface area contributed by atoms with E-state index in [-0.39, 0.29) is 11.4 Å². The third kappa shape index (κ3) is 2.25. The zero-order valence-electron chi connectivity index (χ0n) is 13.2. The van der Waals surface area contributed by atoms with E-state index >= 15 is 0 Å². The molecular formula is C19H14F2N4. The fourth-order valence-corrected chi connectivity index (χ4v) is 3.22. The van der Waals surface area contributed by atoms with Gasteiger partial charge in [-0.25, -0.2) is 13.8 Å². The van der Waals surface area contributed by atoms with Gasteiger partial charge in [0.15, 0.2) is 0 Å². The van der Waals surface area contributed by atoms with Gasteiger partial charge in [0, 0.05) is 17.2 Å². The van der Waals surface area contributed by atoms with Crippen LogP contribution in [0.4, 0.5) is 20.2 Å². The van der Waals surface area contributed by atoms with E-state index < -0.39 is 11.6 Å². The van der Waals surface area contributed by atoms with Gasteiger partial charge in [0.2, 0.25) is 0 Å². The number of benzene rings is 2. The zero-order chi connectivity index (χ0) is 17.0. The Balaban J connectivity index is 1.78. The number of para-hydroxylation sites is 1. The molecule has 124 valence electrons. The molecule has 0 radical (unpaired) electrons. The van der Waals surface area contributed by atoms with E-state index in [9.17, 15) is 8.78 Å². The molecule has 0 unspecified atom stereocenters. The number of H-pyrrole nitrogens is 1. The molecule has 6 heteroatoms. The number of aromatic amines is 1. The second kappa shape index (κ2) is 5.24. The van der Waals surface area contributed by atoms with Gasteiger partial charge in [-0.3, -0.25) is 5.10 Å². The second-order valence-corrected chi connectivity index (χ2v) is 6.34. The van der Waals surface area contributed by atoms with Crippen molar-refractivity contribution < 1.29 is 8.78 Å². The lowest BCUT2D eigenvalue weighted by molar-refractivity contribution is 0.579. The number of aliphatic imine (C=N–C) groups is 1. The third-order valence-corrected chi connectivity index (χ3v) is 4.61. The molecule has 25 heavy (non-hydrogen) atoms. The molecule has 1 saturated carbocycles. The van der Waals surface area contributed by atoms with Crippen molar-refractivity contribution in [3.05, 3.63) is 65.4 Å². The van der Waals surface area contributed by atoms with Crippen molar-refractivity contribution >= 4 is 17.2 Å². The Morgan fingerprint density at radius 3 is 2.48 bits per heavy atom. The summed E-state index contributed by atoms with van der Waals surface area (Å²) in [5, 5.41) is 10.6. The molecular weight excluding hydrogens is 322 g/mol. The van der Waals surface area contributed by atoms with Crippen LogP contribution in [-0.2, 0) is 0 Å². The van der Waals surface area contributed by atoms with Crippen molar-refractivity contribution in [3.63, 3.8) is 0 Å². The predicted molar refractivity (Wildman–Crippen MR) is 92.2 cm³/mol. The van der Waals surface area contributed by atoms with Crippen molar-refractivity contribution in [2.24, 2.45) is 4.99 Å². The minimum Gasteiger partial charge on any atom is -0.339 e. The maximum absolute atomic E-state index is 14.3. The molecule has 0 saturated heterocycles. The monoisotopic (exact) mass is 336 g/mol. The number of hydrogen-bond donors (Lipinski definition) is 2. The van der Waals surface area contributed by atoms with Crippen molar-refractivity contribution in [1.29, 1.82) is 0 Å². The first-order valence-corrected chi connectivity index (χ1v) is 8.20. The van der Waals surface area contributed by atoms with Crippen molar-refractivity contribution in [1.82, 2.24) is 10.2 Å². The van der Waals surface area contributed by atoms with Crippen LogP contribution in [0.1, 0.15) is 30.0 Å². The number of rotatable bonds is 2. The standard InChI is InChI=1S/C19H14F2N4/c20-12-5-3-6-13(21)15(12)19-22-14-7-2-1-4-11(14)17-18(23-19)16(24-25-17)10-8-9-10/h1-7,10H,8-9H2,(H,22,23)(H,24,25). The van der Waals surface area contributed by atoms with Gasteiger partial charge in [0.25, 0.3) is 0 Å². The van der Waals surface area contributed by atoms with E-state index in [4.69, 9.17) is 0 Å². The molecule has 2 N–H and O–H groups in total. The van der Waals surface area contributed by atoms with Crippen LogP contribution in [0.25, 0.3) is 11.3 Å². The molecule has 0 spiro atoms. The van der Waals surface area contributed by atoms with Crippen LogP contribution < -0.4 is 5.32 Å². The summed E-state index contributed by atoms with van der Waals surface area (Å²) in [5.41, 5.74) is 3.72. The Morgan fingerprint density at radius 2 is 1.72 bits per heavy atom. The lowest BCUT2D eigenvalue weighted by atomic mass is 10.1. The van der Waals surface area contributed by atoms with Crippen molar-refractivity contribution in [2.45, 2.75) is 18.8 Å². The molecule has 0 amide bonds. The quantitative estimate of drug-likeness (QED) is 0.710. The molecule has 0 bridgehead atoms. The van der Waals surface area contributed by atoms with E-state index in [0.29, 0.717) is 17.3 Å². The van der Waals surface area contributed by atoms with Crippen LogP contribution in [0, 0.1) is 11.6 Å². The molecule has 1 aromatic heterocycles. The van der Waals surface area contributed by atoms with Crippen LogP contribution in [-0.4, -0.2) is 16.0 Å². The molecule has 2 aliphatic rings. The summed E-state index contributed by atoms with van der Waals surface area (Å²) in [6, 6.07) is 11.4. The zero-order valence-corrected chi connectivity index (χ0v) is 13.2. The summed E-state index contributed by atoms with van der Waals surface area (Å²) < 4.78 is 28.7. The Hall–Kier alpha value is -3.02. The molecule has 5 rings (SSSR count). The van der Waals surface area contributed by atoms with Crippen LogP contribution in [0.15, 0.2) is 47.5 Å². The number of amidine groups is 1. The Kier molecular flexibility index (Phi) is 3.00. The number of anilines is 1. The average Bonchev–Trinajstić information content (AvgIpc) is 3.38. The number of hydrogen-bond acceptors (Lipinski definition) is 3. The fraction of sp³-hybridized carbons (Fsp3) is 0.158. The van der Waals surface area contributed by atoms with Crippen LogP contribution in [0.5, 0.6) is 0 Å². The number of fused-ring (bicyclic) bond motifs is 3. The third-order valence-electron chi connectivity index (χ3n) is 4.61. The normalized spacial score (nSPS) is 15.7. The number of nitrogens with zero attached hydrogens (tertiary/aromatic N) is 2. The molecule has 2 aromatic carbocycles. The fourth-order valence-electron chi connectivity index (χ4n) is 3.22. The van der Waals surface area contributed by atoms with E-state index in [1.165, 1.54) is 18.2 Å². The first-order valence-electron chi connectivity index (χ1n) is 8.20. The number of halogens is 2. The average molecular weight is 336 g/mol. The highest BCUT2D eigenvalue weighted by Gasteiger charge is 2.32. The molecule has 1 aliphatic carbocycles. The Labute approximate surface area is 142 Å². The van der Waals surface area contributed by atoms with E-state index in [2.05, 4.69) is 20.5 Å². The summed E-state index contributed by atoms with van der Waals surface area (Å²) >= 11 is 0. The van der Waals surface area contributed by atoms with Crippen molar-refractivity contribution in [3.8, 4) is 11.3 Å². The van der Waals surface area contributed by atoms with Gasteiger partial charge in [0.05, 0.1) is 11.3 Å². The van der Waals surface area contributed by atoms with E-state index in [1.54, 1.807) is 0 Å². The summed E-state index contributed by atoms with van der Waals surface area (Å²) in [5.74, 6) is -0.755. The topological polar surface area (TPSA) is 53.1 Å². The van der Waals surface area contributed by atoms with Crippen LogP contribution in [0.3, 0.4) is 0 Å². The summed E-state index contributed by atoms with van der Waals surface area (Å²) in [6.07, 6.45) is 2.14. The van der Waals surface area contributed by atoms with Gasteiger partial charge in [-0.2, -0.15) is 5.10 Å².